The van der Waals surface area contributed by atoms with Crippen LogP contribution < -0.4 is 10.3 Å². The van der Waals surface area contributed by atoms with Gasteiger partial charge in [-0.1, -0.05) is 12.8 Å². The van der Waals surface area contributed by atoms with Crippen molar-refractivity contribution in [1.29, 1.82) is 0 Å². The molecule has 5 rings (SSSR count). The van der Waals surface area contributed by atoms with Gasteiger partial charge in [-0.2, -0.15) is 5.10 Å². The second-order valence-electron chi connectivity index (χ2n) is 6.95. The van der Waals surface area contributed by atoms with Crippen LogP contribution in [0.5, 0.6) is 5.75 Å². The Bertz CT molecular complexity index is 997. The van der Waals surface area contributed by atoms with Crippen LogP contribution in [-0.4, -0.2) is 26.9 Å². The van der Waals surface area contributed by atoms with E-state index < -0.39 is 5.60 Å². The molecule has 7 heteroatoms. The van der Waals surface area contributed by atoms with Crippen LogP contribution in [0.4, 0.5) is 0 Å². The Morgan fingerprint density at radius 2 is 2.12 bits per heavy atom. The third-order valence-electron chi connectivity index (χ3n) is 5.39. The molecular formula is C18H19N3O3S. The Hall–Kier alpha value is -2.12. The lowest BCUT2D eigenvalue weighted by molar-refractivity contribution is 0.0390. The summed E-state index contributed by atoms with van der Waals surface area (Å²) in [5.41, 5.74) is 1.63. The van der Waals surface area contributed by atoms with Gasteiger partial charge in [0.15, 0.2) is 0 Å². The summed E-state index contributed by atoms with van der Waals surface area (Å²) in [5, 5.41) is 18.9. The van der Waals surface area contributed by atoms with Gasteiger partial charge in [0.1, 0.15) is 16.1 Å². The van der Waals surface area contributed by atoms with Crippen molar-refractivity contribution in [3.05, 3.63) is 34.0 Å². The largest absolute Gasteiger partial charge is 0.491 e. The van der Waals surface area contributed by atoms with Crippen molar-refractivity contribution in [2.45, 2.75) is 44.1 Å². The first-order valence-electron chi connectivity index (χ1n) is 8.74. The van der Waals surface area contributed by atoms with Gasteiger partial charge in [0.25, 0.3) is 5.56 Å². The zero-order valence-electron chi connectivity index (χ0n) is 13.7. The quantitative estimate of drug-likeness (QED) is 0.657. The normalized spacial score (nSPS) is 19.1. The second kappa shape index (κ2) is 5.44. The third kappa shape index (κ3) is 2.19. The number of H-pyrrole nitrogens is 2. The number of pyridine rings is 1. The van der Waals surface area contributed by atoms with Gasteiger partial charge in [-0.15, -0.1) is 11.3 Å². The molecule has 3 aromatic rings. The highest BCUT2D eigenvalue weighted by Gasteiger charge is 2.38. The maximum Gasteiger partial charge on any atom is 0.266 e. The van der Waals surface area contributed by atoms with E-state index in [0.29, 0.717) is 29.8 Å². The van der Waals surface area contributed by atoms with E-state index in [9.17, 15) is 9.90 Å². The summed E-state index contributed by atoms with van der Waals surface area (Å²) in [6, 6.07) is 0. The third-order valence-corrected chi connectivity index (χ3v) is 6.61. The summed E-state index contributed by atoms with van der Waals surface area (Å²) in [5.74, 6) is 0.767. The minimum absolute atomic E-state index is 0.138. The van der Waals surface area contributed by atoms with Crippen LogP contribution in [0.3, 0.4) is 0 Å². The van der Waals surface area contributed by atoms with Crippen molar-refractivity contribution in [1.82, 2.24) is 15.2 Å². The lowest BCUT2D eigenvalue weighted by Gasteiger charge is -2.25. The Morgan fingerprint density at radius 3 is 2.88 bits per heavy atom. The number of aromatic nitrogens is 3. The number of thiophene rings is 1. The first-order chi connectivity index (χ1) is 12.2. The fourth-order valence-corrected chi connectivity index (χ4v) is 5.35. The fourth-order valence-electron chi connectivity index (χ4n) is 4.20. The summed E-state index contributed by atoms with van der Waals surface area (Å²) >= 11 is 1.44. The average Bonchev–Trinajstić information content (AvgIpc) is 3.30. The van der Waals surface area contributed by atoms with Gasteiger partial charge in [-0.3, -0.25) is 9.89 Å². The van der Waals surface area contributed by atoms with Crippen LogP contribution in [-0.2, 0) is 12.0 Å². The van der Waals surface area contributed by atoms with Gasteiger partial charge < -0.3 is 14.8 Å². The molecule has 1 aliphatic carbocycles. The van der Waals surface area contributed by atoms with Crippen LogP contribution in [0.2, 0.25) is 0 Å². The van der Waals surface area contributed by atoms with Crippen molar-refractivity contribution in [3.63, 3.8) is 0 Å². The summed E-state index contributed by atoms with van der Waals surface area (Å²) in [6.07, 6.45) is 8.62. The molecule has 0 radical (unpaired) electrons. The van der Waals surface area contributed by atoms with Crippen LogP contribution in [0.15, 0.2) is 17.2 Å². The Balaban J connectivity index is 1.85. The zero-order chi connectivity index (χ0) is 17.0. The van der Waals surface area contributed by atoms with Crippen LogP contribution in [0.1, 0.15) is 43.4 Å². The highest BCUT2D eigenvalue weighted by molar-refractivity contribution is 7.22. The molecule has 0 aromatic carbocycles. The van der Waals surface area contributed by atoms with E-state index in [1.54, 1.807) is 6.20 Å². The van der Waals surface area contributed by atoms with E-state index >= 15 is 0 Å². The molecule has 6 nitrogen and oxygen atoms in total. The van der Waals surface area contributed by atoms with Crippen LogP contribution >= 0.6 is 11.3 Å². The Morgan fingerprint density at radius 1 is 1.28 bits per heavy atom. The number of hydrogen-bond donors (Lipinski definition) is 3. The van der Waals surface area contributed by atoms with Crippen LogP contribution in [0, 0.1) is 0 Å². The first-order valence-corrected chi connectivity index (χ1v) is 9.55. The molecule has 0 spiro atoms. The number of nitrogens with one attached hydrogen (secondary N) is 2. The van der Waals surface area contributed by atoms with E-state index in [1.807, 2.05) is 6.20 Å². The summed E-state index contributed by atoms with van der Waals surface area (Å²) in [7, 11) is 0. The fraction of sp³-hybridized carbons (Fsp3) is 0.444. The predicted molar refractivity (Wildman–Crippen MR) is 96.2 cm³/mol. The van der Waals surface area contributed by atoms with E-state index in [1.165, 1.54) is 11.3 Å². The van der Waals surface area contributed by atoms with E-state index in [0.717, 1.165) is 52.8 Å². The lowest BCUT2D eigenvalue weighted by atomic mass is 9.90. The molecule has 0 amide bonds. The Labute approximate surface area is 147 Å². The van der Waals surface area contributed by atoms with Crippen molar-refractivity contribution in [3.8, 4) is 16.2 Å². The molecule has 3 N–H and O–H groups in total. The van der Waals surface area contributed by atoms with Gasteiger partial charge >= 0.3 is 0 Å². The molecule has 0 unspecified atom stereocenters. The van der Waals surface area contributed by atoms with Gasteiger partial charge in [0, 0.05) is 17.1 Å². The molecule has 2 aliphatic rings. The van der Waals surface area contributed by atoms with E-state index in [2.05, 4.69) is 15.2 Å². The predicted octanol–water partition coefficient (Wildman–Crippen LogP) is 3.07. The number of ether oxygens (including phenoxy) is 1. The standard InChI is InChI=1S/C18H19N3O3S/c22-17-15-12-11(16(21-17)18(23)5-1-2-6-18)4-3-7-24-13(12)14(25-15)10-8-19-20-9-10/h8-9,23H,1-7H2,(H,19,20)(H,21,22). The highest BCUT2D eigenvalue weighted by Crippen LogP contribution is 2.48. The lowest BCUT2D eigenvalue weighted by Crippen LogP contribution is -2.28. The minimum Gasteiger partial charge on any atom is -0.491 e. The number of aromatic amines is 2. The zero-order valence-corrected chi connectivity index (χ0v) is 14.5. The minimum atomic E-state index is -0.915. The molecular weight excluding hydrogens is 338 g/mol. The highest BCUT2D eigenvalue weighted by atomic mass is 32.1. The van der Waals surface area contributed by atoms with Crippen molar-refractivity contribution >= 4 is 21.4 Å². The molecule has 0 saturated heterocycles. The van der Waals surface area contributed by atoms with Crippen LogP contribution in [0.25, 0.3) is 20.5 Å². The van der Waals surface area contributed by atoms with E-state index in [4.69, 9.17) is 4.74 Å². The number of aryl methyl sites for hydroxylation is 1. The van der Waals surface area contributed by atoms with Gasteiger partial charge in [0.05, 0.1) is 23.4 Å². The molecule has 130 valence electrons. The average molecular weight is 357 g/mol. The Kier molecular flexibility index (Phi) is 3.30. The summed E-state index contributed by atoms with van der Waals surface area (Å²) in [4.78, 5) is 16.8. The van der Waals surface area contributed by atoms with Gasteiger partial charge in [0.2, 0.25) is 0 Å². The van der Waals surface area contributed by atoms with Crippen molar-refractivity contribution in [2.24, 2.45) is 0 Å². The topological polar surface area (TPSA) is 91.0 Å². The number of hydrogen-bond acceptors (Lipinski definition) is 5. The number of nitrogens with zero attached hydrogens (tertiary/aromatic N) is 1. The molecule has 4 heterocycles. The summed E-state index contributed by atoms with van der Waals surface area (Å²) in [6.45, 7) is 0.609. The van der Waals surface area contributed by atoms with Gasteiger partial charge in [-0.25, -0.2) is 0 Å². The smallest absolute Gasteiger partial charge is 0.266 e. The van der Waals surface area contributed by atoms with Crippen molar-refractivity contribution in [2.75, 3.05) is 6.61 Å². The molecule has 1 fully saturated rings. The van der Waals surface area contributed by atoms with Gasteiger partial charge in [-0.05, 0) is 31.2 Å². The molecule has 3 aromatic heterocycles. The number of rotatable bonds is 2. The molecule has 1 saturated carbocycles. The maximum absolute atomic E-state index is 12.8. The molecule has 0 atom stereocenters. The monoisotopic (exact) mass is 357 g/mol. The maximum atomic E-state index is 12.8. The van der Waals surface area contributed by atoms with E-state index in [-0.39, 0.29) is 5.56 Å². The van der Waals surface area contributed by atoms with Crippen molar-refractivity contribution < 1.29 is 9.84 Å². The number of aliphatic hydroxyl groups is 1. The molecule has 0 bridgehead atoms. The molecule has 25 heavy (non-hydrogen) atoms. The molecule has 1 aliphatic heterocycles. The first kappa shape index (κ1) is 15.2. The second-order valence-corrected chi connectivity index (χ2v) is 7.97. The summed E-state index contributed by atoms with van der Waals surface area (Å²) < 4.78 is 6.73. The SMILES string of the molecule is O=c1[nH]c(C2(O)CCCC2)c2c3c(c(-c4cn[nH]c4)sc13)OCCC2.